The first-order chi connectivity index (χ1) is 9.67. The quantitative estimate of drug-likeness (QED) is 0.693. The fourth-order valence-corrected chi connectivity index (χ4v) is 1.73. The molecule has 6 heteroatoms. The van der Waals surface area contributed by atoms with Crippen molar-refractivity contribution in [2.24, 2.45) is 0 Å². The monoisotopic (exact) mass is 277 g/mol. The Morgan fingerprint density at radius 2 is 1.85 bits per heavy atom. The molecule has 0 unspecified atom stereocenters. The number of rotatable bonds is 7. The third kappa shape index (κ3) is 4.99. The number of benzene rings is 1. The van der Waals surface area contributed by atoms with Gasteiger partial charge in [-0.1, -0.05) is 6.07 Å². The van der Waals surface area contributed by atoms with Gasteiger partial charge in [0.05, 0.1) is 6.54 Å². The van der Waals surface area contributed by atoms with Gasteiger partial charge in [0.25, 0.3) is 0 Å². The molecular formula is C14H19N3O3. The van der Waals surface area contributed by atoms with Crippen molar-refractivity contribution in [3.05, 3.63) is 24.3 Å². The Labute approximate surface area is 117 Å². The molecule has 3 N–H and O–H groups in total. The minimum absolute atomic E-state index is 0.00188. The molecule has 2 amide bonds. The van der Waals surface area contributed by atoms with Gasteiger partial charge < -0.3 is 20.7 Å². The fraction of sp³-hybridized carbons (Fsp3) is 0.429. The highest BCUT2D eigenvalue weighted by molar-refractivity contribution is 5.95. The van der Waals surface area contributed by atoms with Gasteiger partial charge in [-0.25, -0.2) is 0 Å². The highest BCUT2D eigenvalue weighted by atomic mass is 16.5. The van der Waals surface area contributed by atoms with Crippen LogP contribution in [0, 0.1) is 0 Å². The Balaban J connectivity index is 1.84. The van der Waals surface area contributed by atoms with Crippen LogP contribution >= 0.6 is 0 Å². The zero-order valence-electron chi connectivity index (χ0n) is 11.4. The highest BCUT2D eigenvalue weighted by Crippen LogP contribution is 2.18. The van der Waals surface area contributed by atoms with Gasteiger partial charge in [0.1, 0.15) is 6.61 Å². The summed E-state index contributed by atoms with van der Waals surface area (Å²) < 4.78 is 4.74. The summed E-state index contributed by atoms with van der Waals surface area (Å²) in [7, 11) is 1.46. The summed E-state index contributed by atoms with van der Waals surface area (Å²) >= 11 is 0. The third-order valence-electron chi connectivity index (χ3n) is 2.83. The second kappa shape index (κ2) is 7.02. The summed E-state index contributed by atoms with van der Waals surface area (Å²) in [6, 6.07) is 7.52. The molecule has 20 heavy (non-hydrogen) atoms. The zero-order valence-corrected chi connectivity index (χ0v) is 11.4. The molecule has 0 radical (unpaired) electrons. The van der Waals surface area contributed by atoms with E-state index in [1.54, 1.807) is 24.3 Å². The van der Waals surface area contributed by atoms with Crippen LogP contribution in [-0.2, 0) is 14.3 Å². The average Bonchev–Trinajstić information content (AvgIpc) is 3.21. The lowest BCUT2D eigenvalue weighted by Gasteiger charge is -2.09. The first-order valence-electron chi connectivity index (χ1n) is 6.59. The summed E-state index contributed by atoms with van der Waals surface area (Å²) in [4.78, 5) is 23.1. The predicted molar refractivity (Wildman–Crippen MR) is 76.6 cm³/mol. The number of carbonyl (C=O) groups excluding carboxylic acids is 2. The predicted octanol–water partition coefficient (Wildman–Crippen LogP) is 0.962. The Kier molecular flexibility index (Phi) is 5.09. The Bertz CT molecular complexity index is 486. The summed E-state index contributed by atoms with van der Waals surface area (Å²) in [5.74, 6) is -0.316. The molecule has 1 aromatic carbocycles. The molecule has 2 rings (SSSR count). The van der Waals surface area contributed by atoms with Crippen LogP contribution in [0.5, 0.6) is 0 Å². The molecule has 1 aromatic rings. The lowest BCUT2D eigenvalue weighted by atomic mass is 10.2. The van der Waals surface area contributed by atoms with Crippen molar-refractivity contribution in [2.75, 3.05) is 30.9 Å². The molecule has 1 aliphatic rings. The van der Waals surface area contributed by atoms with E-state index in [4.69, 9.17) is 4.74 Å². The van der Waals surface area contributed by atoms with Gasteiger partial charge in [-0.15, -0.1) is 0 Å². The minimum Gasteiger partial charge on any atom is -0.375 e. The van der Waals surface area contributed by atoms with E-state index in [9.17, 15) is 9.59 Å². The molecule has 0 heterocycles. The van der Waals surface area contributed by atoms with E-state index in [0.717, 1.165) is 12.8 Å². The molecular weight excluding hydrogens is 258 g/mol. The van der Waals surface area contributed by atoms with E-state index >= 15 is 0 Å². The molecule has 1 fully saturated rings. The van der Waals surface area contributed by atoms with Crippen LogP contribution in [0.15, 0.2) is 24.3 Å². The maximum Gasteiger partial charge on any atom is 0.250 e. The van der Waals surface area contributed by atoms with Gasteiger partial charge in [-0.05, 0) is 31.0 Å². The maximum atomic E-state index is 11.7. The minimum atomic E-state index is -0.230. The second-order valence-electron chi connectivity index (χ2n) is 4.77. The van der Waals surface area contributed by atoms with Gasteiger partial charge in [-0.2, -0.15) is 0 Å². The molecule has 0 spiro atoms. The molecule has 0 aliphatic heterocycles. The molecule has 0 saturated heterocycles. The maximum absolute atomic E-state index is 11.7. The van der Waals surface area contributed by atoms with Crippen LogP contribution in [-0.4, -0.2) is 38.1 Å². The standard InChI is InChI=1S/C14H19N3O3/c1-20-9-14(19)17-12-4-2-3-11(7-12)16-13(18)8-15-10-5-6-10/h2-4,7,10,15H,5-6,8-9H2,1H3,(H,16,18)(H,17,19). The van der Waals surface area contributed by atoms with Crippen molar-refractivity contribution in [3.8, 4) is 0 Å². The zero-order chi connectivity index (χ0) is 14.4. The molecule has 0 aromatic heterocycles. The van der Waals surface area contributed by atoms with E-state index in [-0.39, 0.29) is 18.4 Å². The van der Waals surface area contributed by atoms with Crippen molar-refractivity contribution < 1.29 is 14.3 Å². The van der Waals surface area contributed by atoms with Gasteiger partial charge in [0.15, 0.2) is 0 Å². The topological polar surface area (TPSA) is 79.5 Å². The average molecular weight is 277 g/mol. The number of ether oxygens (including phenoxy) is 1. The molecule has 1 saturated carbocycles. The number of hydrogen-bond acceptors (Lipinski definition) is 4. The summed E-state index contributed by atoms with van der Waals surface area (Å²) in [6.45, 7) is 0.312. The van der Waals surface area contributed by atoms with Crippen molar-refractivity contribution in [1.29, 1.82) is 0 Å². The van der Waals surface area contributed by atoms with Gasteiger partial charge in [-0.3, -0.25) is 9.59 Å². The van der Waals surface area contributed by atoms with Gasteiger partial charge in [0, 0.05) is 24.5 Å². The smallest absolute Gasteiger partial charge is 0.250 e. The van der Waals surface area contributed by atoms with E-state index in [1.165, 1.54) is 7.11 Å². The number of anilines is 2. The van der Waals surface area contributed by atoms with Crippen LogP contribution in [0.1, 0.15) is 12.8 Å². The molecule has 0 bridgehead atoms. The Hall–Kier alpha value is -1.92. The normalized spacial score (nSPS) is 13.8. The largest absolute Gasteiger partial charge is 0.375 e. The molecule has 0 atom stereocenters. The summed E-state index contributed by atoms with van der Waals surface area (Å²) in [5, 5.41) is 8.61. The molecule has 108 valence electrons. The lowest BCUT2D eigenvalue weighted by molar-refractivity contribution is -0.119. The molecule has 6 nitrogen and oxygen atoms in total. The van der Waals surface area contributed by atoms with Crippen LogP contribution in [0.2, 0.25) is 0 Å². The van der Waals surface area contributed by atoms with Crippen LogP contribution < -0.4 is 16.0 Å². The van der Waals surface area contributed by atoms with Gasteiger partial charge in [0.2, 0.25) is 11.8 Å². The van der Waals surface area contributed by atoms with Crippen LogP contribution in [0.3, 0.4) is 0 Å². The lowest BCUT2D eigenvalue weighted by Crippen LogP contribution is -2.29. The summed E-state index contributed by atoms with van der Waals surface area (Å²) in [5.41, 5.74) is 1.28. The van der Waals surface area contributed by atoms with E-state index in [0.29, 0.717) is 24.0 Å². The van der Waals surface area contributed by atoms with Crippen molar-refractivity contribution >= 4 is 23.2 Å². The van der Waals surface area contributed by atoms with E-state index < -0.39 is 0 Å². The first kappa shape index (κ1) is 14.5. The van der Waals surface area contributed by atoms with Crippen molar-refractivity contribution in [2.45, 2.75) is 18.9 Å². The highest BCUT2D eigenvalue weighted by Gasteiger charge is 2.21. The summed E-state index contributed by atoms with van der Waals surface area (Å²) in [6.07, 6.45) is 2.29. The fourth-order valence-electron chi connectivity index (χ4n) is 1.73. The van der Waals surface area contributed by atoms with E-state index in [2.05, 4.69) is 16.0 Å². The van der Waals surface area contributed by atoms with E-state index in [1.807, 2.05) is 0 Å². The first-order valence-corrected chi connectivity index (χ1v) is 6.59. The Morgan fingerprint density at radius 1 is 1.20 bits per heavy atom. The van der Waals surface area contributed by atoms with Crippen LogP contribution in [0.25, 0.3) is 0 Å². The number of nitrogens with one attached hydrogen (secondary N) is 3. The Morgan fingerprint density at radius 3 is 2.45 bits per heavy atom. The van der Waals surface area contributed by atoms with Crippen molar-refractivity contribution in [3.63, 3.8) is 0 Å². The van der Waals surface area contributed by atoms with Gasteiger partial charge >= 0.3 is 0 Å². The molecule has 1 aliphatic carbocycles. The van der Waals surface area contributed by atoms with Crippen molar-refractivity contribution in [1.82, 2.24) is 5.32 Å². The SMILES string of the molecule is COCC(=O)Nc1cccc(NC(=O)CNC2CC2)c1. The number of amides is 2. The second-order valence-corrected chi connectivity index (χ2v) is 4.77. The third-order valence-corrected chi connectivity index (χ3v) is 2.83. The number of methoxy groups -OCH3 is 1. The number of carbonyl (C=O) groups is 2. The van der Waals surface area contributed by atoms with Crippen LogP contribution in [0.4, 0.5) is 11.4 Å². The number of hydrogen-bond donors (Lipinski definition) is 3.